The predicted octanol–water partition coefficient (Wildman–Crippen LogP) is 1.13. The molecule has 4 nitrogen and oxygen atoms in total. The van der Waals surface area contributed by atoms with Crippen molar-refractivity contribution in [3.05, 3.63) is 29.8 Å². The van der Waals surface area contributed by atoms with Gasteiger partial charge in [-0.25, -0.2) is 0 Å². The summed E-state index contributed by atoms with van der Waals surface area (Å²) in [4.78, 5) is 13.3. The molecule has 4 heteroatoms. The Balaban J connectivity index is 2.76. The lowest BCUT2D eigenvalue weighted by Crippen LogP contribution is -2.28. The summed E-state index contributed by atoms with van der Waals surface area (Å²) in [5, 5.41) is 11.7. The van der Waals surface area contributed by atoms with Crippen LogP contribution in [0.3, 0.4) is 0 Å². The van der Waals surface area contributed by atoms with Gasteiger partial charge in [-0.2, -0.15) is 5.26 Å². The SMILES string of the molecule is CNCCC(=O)N(C)c1cccc(C#N)c1. The van der Waals surface area contributed by atoms with E-state index in [0.29, 0.717) is 18.5 Å². The molecule has 0 spiro atoms. The second-order valence-corrected chi connectivity index (χ2v) is 3.47. The van der Waals surface area contributed by atoms with Gasteiger partial charge in [-0.1, -0.05) is 6.07 Å². The van der Waals surface area contributed by atoms with Crippen LogP contribution in [-0.2, 0) is 4.79 Å². The maximum absolute atomic E-state index is 11.7. The molecule has 0 aromatic heterocycles. The molecule has 0 aliphatic rings. The molecule has 0 radical (unpaired) electrons. The number of nitrogens with zero attached hydrogens (tertiary/aromatic N) is 2. The third kappa shape index (κ3) is 3.07. The fourth-order valence-corrected chi connectivity index (χ4v) is 1.33. The van der Waals surface area contributed by atoms with E-state index in [2.05, 4.69) is 11.4 Å². The number of anilines is 1. The summed E-state index contributed by atoms with van der Waals surface area (Å²) in [6, 6.07) is 9.07. The van der Waals surface area contributed by atoms with Gasteiger partial charge in [0.25, 0.3) is 0 Å². The van der Waals surface area contributed by atoms with Crippen LogP contribution in [0.1, 0.15) is 12.0 Å². The first-order chi connectivity index (χ1) is 7.69. The van der Waals surface area contributed by atoms with E-state index in [-0.39, 0.29) is 5.91 Å². The molecule has 16 heavy (non-hydrogen) atoms. The minimum absolute atomic E-state index is 0.0319. The van der Waals surface area contributed by atoms with Gasteiger partial charge in [-0.05, 0) is 25.2 Å². The van der Waals surface area contributed by atoms with E-state index in [9.17, 15) is 4.79 Å². The third-order valence-corrected chi connectivity index (χ3v) is 2.33. The molecular weight excluding hydrogens is 202 g/mol. The minimum atomic E-state index is 0.0319. The topological polar surface area (TPSA) is 56.1 Å². The highest BCUT2D eigenvalue weighted by molar-refractivity contribution is 5.93. The van der Waals surface area contributed by atoms with Crippen molar-refractivity contribution in [1.82, 2.24) is 5.32 Å². The highest BCUT2D eigenvalue weighted by Crippen LogP contribution is 2.14. The molecular formula is C12H15N3O. The number of amides is 1. The van der Waals surface area contributed by atoms with E-state index in [1.165, 1.54) is 0 Å². The van der Waals surface area contributed by atoms with Gasteiger partial charge in [-0.3, -0.25) is 4.79 Å². The summed E-state index contributed by atoms with van der Waals surface area (Å²) in [5.74, 6) is 0.0319. The zero-order valence-electron chi connectivity index (χ0n) is 9.53. The number of carbonyl (C=O) groups is 1. The average molecular weight is 217 g/mol. The lowest BCUT2D eigenvalue weighted by molar-refractivity contribution is -0.118. The van der Waals surface area contributed by atoms with Crippen molar-refractivity contribution in [3.63, 3.8) is 0 Å². The molecule has 1 rings (SSSR count). The second kappa shape index (κ2) is 5.89. The normalized spacial score (nSPS) is 9.56. The monoisotopic (exact) mass is 217 g/mol. The molecule has 1 aromatic carbocycles. The number of hydrogen-bond acceptors (Lipinski definition) is 3. The van der Waals surface area contributed by atoms with E-state index >= 15 is 0 Å². The largest absolute Gasteiger partial charge is 0.319 e. The summed E-state index contributed by atoms with van der Waals surface area (Å²) >= 11 is 0. The van der Waals surface area contributed by atoms with Gasteiger partial charge < -0.3 is 10.2 Å². The van der Waals surface area contributed by atoms with E-state index < -0.39 is 0 Å². The van der Waals surface area contributed by atoms with Crippen LogP contribution < -0.4 is 10.2 Å². The van der Waals surface area contributed by atoms with Gasteiger partial charge >= 0.3 is 0 Å². The van der Waals surface area contributed by atoms with Crippen molar-refractivity contribution in [2.45, 2.75) is 6.42 Å². The van der Waals surface area contributed by atoms with Crippen LogP contribution in [0.15, 0.2) is 24.3 Å². The van der Waals surface area contributed by atoms with E-state index in [1.807, 2.05) is 13.1 Å². The van der Waals surface area contributed by atoms with Crippen molar-refractivity contribution in [1.29, 1.82) is 5.26 Å². The first-order valence-corrected chi connectivity index (χ1v) is 5.10. The van der Waals surface area contributed by atoms with Crippen molar-refractivity contribution < 1.29 is 4.79 Å². The van der Waals surface area contributed by atoms with Gasteiger partial charge in [0.2, 0.25) is 5.91 Å². The summed E-state index contributed by atoms with van der Waals surface area (Å²) in [6.07, 6.45) is 0.448. The maximum Gasteiger partial charge on any atom is 0.227 e. The Kier molecular flexibility index (Phi) is 4.49. The van der Waals surface area contributed by atoms with Gasteiger partial charge in [-0.15, -0.1) is 0 Å². The lowest BCUT2D eigenvalue weighted by atomic mass is 10.2. The molecule has 1 N–H and O–H groups in total. The van der Waals surface area contributed by atoms with Crippen LogP contribution in [0.25, 0.3) is 0 Å². The average Bonchev–Trinajstić information content (AvgIpc) is 2.35. The van der Waals surface area contributed by atoms with E-state index in [4.69, 9.17) is 5.26 Å². The summed E-state index contributed by atoms with van der Waals surface area (Å²) < 4.78 is 0. The molecule has 0 aliphatic carbocycles. The Hall–Kier alpha value is -1.86. The number of nitrogens with one attached hydrogen (secondary N) is 1. The summed E-state index contributed by atoms with van der Waals surface area (Å²) in [5.41, 5.74) is 1.31. The van der Waals surface area contributed by atoms with Crippen LogP contribution >= 0.6 is 0 Å². The van der Waals surface area contributed by atoms with Crippen molar-refractivity contribution in [3.8, 4) is 6.07 Å². The Morgan fingerprint density at radius 3 is 2.94 bits per heavy atom. The number of carbonyl (C=O) groups excluding carboxylic acids is 1. The fraction of sp³-hybridized carbons (Fsp3) is 0.333. The summed E-state index contributed by atoms with van der Waals surface area (Å²) in [6.45, 7) is 0.654. The molecule has 1 aromatic rings. The molecule has 0 atom stereocenters. The Morgan fingerprint density at radius 1 is 1.56 bits per heavy atom. The summed E-state index contributed by atoms with van der Waals surface area (Å²) in [7, 11) is 3.53. The highest BCUT2D eigenvalue weighted by atomic mass is 16.2. The van der Waals surface area contributed by atoms with Crippen LogP contribution in [0.5, 0.6) is 0 Å². The molecule has 84 valence electrons. The Morgan fingerprint density at radius 2 is 2.31 bits per heavy atom. The zero-order chi connectivity index (χ0) is 12.0. The zero-order valence-corrected chi connectivity index (χ0v) is 9.53. The lowest BCUT2D eigenvalue weighted by Gasteiger charge is -2.17. The first kappa shape index (κ1) is 12.2. The number of rotatable bonds is 4. The number of nitriles is 1. The van der Waals surface area contributed by atoms with Crippen LogP contribution in [0, 0.1) is 11.3 Å². The van der Waals surface area contributed by atoms with Crippen LogP contribution in [0.2, 0.25) is 0 Å². The van der Waals surface area contributed by atoms with E-state index in [0.717, 1.165) is 5.69 Å². The number of benzene rings is 1. The van der Waals surface area contributed by atoms with Gasteiger partial charge in [0.15, 0.2) is 0 Å². The molecule has 0 fully saturated rings. The third-order valence-electron chi connectivity index (χ3n) is 2.33. The van der Waals surface area contributed by atoms with Crippen molar-refractivity contribution >= 4 is 11.6 Å². The van der Waals surface area contributed by atoms with E-state index in [1.54, 1.807) is 30.1 Å². The highest BCUT2D eigenvalue weighted by Gasteiger charge is 2.10. The standard InChI is InChI=1S/C12H15N3O/c1-14-7-6-12(16)15(2)11-5-3-4-10(8-11)9-13/h3-5,8,14H,6-7H2,1-2H3. The van der Waals surface area contributed by atoms with Gasteiger partial charge in [0, 0.05) is 25.7 Å². The Labute approximate surface area is 95.5 Å². The second-order valence-electron chi connectivity index (χ2n) is 3.47. The first-order valence-electron chi connectivity index (χ1n) is 5.10. The molecule has 1 amide bonds. The molecule has 0 bridgehead atoms. The quantitative estimate of drug-likeness (QED) is 0.822. The Bertz CT molecular complexity index is 409. The van der Waals surface area contributed by atoms with Gasteiger partial charge in [0.05, 0.1) is 11.6 Å². The molecule has 0 saturated carbocycles. The van der Waals surface area contributed by atoms with Crippen molar-refractivity contribution in [2.24, 2.45) is 0 Å². The maximum atomic E-state index is 11.7. The van der Waals surface area contributed by atoms with Gasteiger partial charge in [0.1, 0.15) is 0 Å². The predicted molar refractivity (Wildman–Crippen MR) is 63.1 cm³/mol. The fourth-order valence-electron chi connectivity index (χ4n) is 1.33. The minimum Gasteiger partial charge on any atom is -0.319 e. The smallest absolute Gasteiger partial charge is 0.227 e. The molecule has 0 heterocycles. The van der Waals surface area contributed by atoms with Crippen molar-refractivity contribution in [2.75, 3.05) is 25.5 Å². The van der Waals surface area contributed by atoms with Crippen LogP contribution in [0.4, 0.5) is 5.69 Å². The molecule has 0 unspecified atom stereocenters. The molecule has 0 saturated heterocycles. The number of hydrogen-bond donors (Lipinski definition) is 1. The van der Waals surface area contributed by atoms with Crippen LogP contribution in [-0.4, -0.2) is 26.5 Å². The molecule has 0 aliphatic heterocycles.